The topological polar surface area (TPSA) is 93.2 Å². The van der Waals surface area contributed by atoms with E-state index in [9.17, 15) is 21.2 Å². The van der Waals surface area contributed by atoms with Gasteiger partial charge in [-0.3, -0.25) is 4.98 Å². The number of aryl methyl sites for hydroxylation is 1. The van der Waals surface area contributed by atoms with E-state index in [-0.39, 0.29) is 15.4 Å². The minimum absolute atomic E-state index is 0.0277. The number of nitrogens with zero attached hydrogens (tertiary/aromatic N) is 1. The van der Waals surface area contributed by atoms with Crippen LogP contribution in [0.4, 0.5) is 4.39 Å². The molecule has 0 amide bonds. The predicted octanol–water partition coefficient (Wildman–Crippen LogP) is 3.02. The lowest BCUT2D eigenvalue weighted by Gasteiger charge is -2.19. The third-order valence-electron chi connectivity index (χ3n) is 4.40. The Morgan fingerprint density at radius 2 is 1.69 bits per heavy atom. The fourth-order valence-electron chi connectivity index (χ4n) is 2.80. The lowest BCUT2D eigenvalue weighted by atomic mass is 10.2. The first-order valence-electron chi connectivity index (χ1n) is 8.66. The van der Waals surface area contributed by atoms with Gasteiger partial charge in [-0.25, -0.2) is 25.9 Å². The van der Waals surface area contributed by atoms with Gasteiger partial charge in [-0.2, -0.15) is 0 Å². The molecule has 0 aliphatic carbocycles. The van der Waals surface area contributed by atoms with Crippen LogP contribution in [-0.4, -0.2) is 28.4 Å². The lowest BCUT2D eigenvalue weighted by Crippen LogP contribution is -2.32. The van der Waals surface area contributed by atoms with Gasteiger partial charge >= 0.3 is 0 Å². The molecule has 0 saturated carbocycles. The molecule has 2 aromatic carbocycles. The second kappa shape index (κ2) is 8.40. The largest absolute Gasteiger partial charge is 0.264 e. The van der Waals surface area contributed by atoms with Gasteiger partial charge in [0.25, 0.3) is 0 Å². The van der Waals surface area contributed by atoms with Crippen molar-refractivity contribution in [1.29, 1.82) is 0 Å². The molecule has 0 aliphatic rings. The molecular weight excluding hydrogens is 415 g/mol. The summed E-state index contributed by atoms with van der Waals surface area (Å²) < 4.78 is 67.6. The third kappa shape index (κ3) is 4.69. The molecule has 0 radical (unpaired) electrons. The standard InChI is InChI=1S/C20H19FN2O4S2/c1-15-12-18(9-10-19(15)21)28(24,25)20(16-6-5-11-22-13-16)14-23-29(26,27)17-7-3-2-4-8-17/h2-13,20,23H,14H2,1H3. The van der Waals surface area contributed by atoms with Gasteiger partial charge in [-0.1, -0.05) is 24.3 Å². The van der Waals surface area contributed by atoms with Crippen molar-refractivity contribution >= 4 is 19.9 Å². The van der Waals surface area contributed by atoms with Crippen molar-refractivity contribution in [3.8, 4) is 0 Å². The van der Waals surface area contributed by atoms with Gasteiger partial charge in [0, 0.05) is 18.9 Å². The van der Waals surface area contributed by atoms with E-state index in [0.29, 0.717) is 5.56 Å². The number of sulfonamides is 1. The zero-order chi connectivity index (χ0) is 21.1. The first kappa shape index (κ1) is 21.1. The molecule has 3 aromatic rings. The van der Waals surface area contributed by atoms with Crippen LogP contribution < -0.4 is 4.72 Å². The molecule has 6 nitrogen and oxygen atoms in total. The SMILES string of the molecule is Cc1cc(S(=O)(=O)C(CNS(=O)(=O)c2ccccc2)c2cccnc2)ccc1F. The van der Waals surface area contributed by atoms with Gasteiger partial charge in [0.2, 0.25) is 10.0 Å². The van der Waals surface area contributed by atoms with E-state index in [4.69, 9.17) is 0 Å². The average molecular weight is 435 g/mol. The fraction of sp³-hybridized carbons (Fsp3) is 0.150. The van der Waals surface area contributed by atoms with Crippen molar-refractivity contribution in [1.82, 2.24) is 9.71 Å². The van der Waals surface area contributed by atoms with E-state index in [1.165, 1.54) is 43.6 Å². The zero-order valence-corrected chi connectivity index (χ0v) is 17.1. The highest BCUT2D eigenvalue weighted by molar-refractivity contribution is 7.92. The van der Waals surface area contributed by atoms with Crippen LogP contribution in [0.1, 0.15) is 16.4 Å². The lowest BCUT2D eigenvalue weighted by molar-refractivity contribution is 0.568. The minimum atomic E-state index is -4.03. The summed E-state index contributed by atoms with van der Waals surface area (Å²) in [5, 5.41) is -1.24. The highest BCUT2D eigenvalue weighted by Gasteiger charge is 2.31. The molecule has 1 unspecified atom stereocenters. The number of hydrogen-bond donors (Lipinski definition) is 1. The van der Waals surface area contributed by atoms with Gasteiger partial charge in [0.1, 0.15) is 11.1 Å². The maximum Gasteiger partial charge on any atom is 0.240 e. The summed E-state index contributed by atoms with van der Waals surface area (Å²) in [6, 6.07) is 14.3. The number of aromatic nitrogens is 1. The summed E-state index contributed by atoms with van der Waals surface area (Å²) in [7, 11) is -7.95. The van der Waals surface area contributed by atoms with Gasteiger partial charge in [-0.05, 0) is 54.4 Å². The van der Waals surface area contributed by atoms with Crippen molar-refractivity contribution in [3.05, 3.63) is 90.0 Å². The summed E-state index contributed by atoms with van der Waals surface area (Å²) in [6.07, 6.45) is 2.86. The molecule has 1 atom stereocenters. The van der Waals surface area contributed by atoms with Gasteiger partial charge in [0.05, 0.1) is 9.79 Å². The Morgan fingerprint density at radius 3 is 2.31 bits per heavy atom. The van der Waals surface area contributed by atoms with E-state index >= 15 is 0 Å². The first-order valence-corrected chi connectivity index (χ1v) is 11.7. The Hall–Kier alpha value is -2.62. The van der Waals surface area contributed by atoms with Crippen LogP contribution in [0.15, 0.2) is 82.8 Å². The van der Waals surface area contributed by atoms with Crippen LogP contribution in [0, 0.1) is 12.7 Å². The summed E-state index contributed by atoms with van der Waals surface area (Å²) in [5.74, 6) is -0.522. The molecule has 1 aromatic heterocycles. The summed E-state index contributed by atoms with van der Waals surface area (Å²) in [5.41, 5.74) is 0.506. The normalized spacial score (nSPS) is 13.2. The van der Waals surface area contributed by atoms with E-state index in [1.807, 2.05) is 0 Å². The Balaban J connectivity index is 1.98. The Bertz CT molecular complexity index is 1200. The van der Waals surface area contributed by atoms with Crippen molar-refractivity contribution in [2.24, 2.45) is 0 Å². The van der Waals surface area contributed by atoms with E-state index in [1.54, 1.807) is 30.3 Å². The van der Waals surface area contributed by atoms with Gasteiger partial charge in [0.15, 0.2) is 9.84 Å². The number of nitrogens with one attached hydrogen (secondary N) is 1. The summed E-state index contributed by atoms with van der Waals surface area (Å²) in [6.45, 7) is 1.06. The van der Waals surface area contributed by atoms with E-state index in [0.717, 1.165) is 6.07 Å². The van der Waals surface area contributed by atoms with Crippen LogP contribution in [-0.2, 0) is 19.9 Å². The van der Waals surface area contributed by atoms with Crippen LogP contribution in [0.5, 0.6) is 0 Å². The van der Waals surface area contributed by atoms with Crippen LogP contribution in [0.2, 0.25) is 0 Å². The summed E-state index contributed by atoms with van der Waals surface area (Å²) in [4.78, 5) is 3.88. The number of halogens is 1. The number of sulfone groups is 1. The molecule has 0 fully saturated rings. The molecule has 1 heterocycles. The third-order valence-corrected chi connectivity index (χ3v) is 7.94. The molecule has 29 heavy (non-hydrogen) atoms. The van der Waals surface area contributed by atoms with Crippen molar-refractivity contribution in [3.63, 3.8) is 0 Å². The molecule has 0 bridgehead atoms. The second-order valence-corrected chi connectivity index (χ2v) is 10.3. The van der Waals surface area contributed by atoms with Crippen LogP contribution in [0.25, 0.3) is 0 Å². The highest BCUT2D eigenvalue weighted by atomic mass is 32.2. The van der Waals surface area contributed by atoms with Crippen LogP contribution >= 0.6 is 0 Å². The monoisotopic (exact) mass is 434 g/mol. The van der Waals surface area contributed by atoms with Gasteiger partial charge < -0.3 is 0 Å². The smallest absolute Gasteiger partial charge is 0.240 e. The van der Waals surface area contributed by atoms with Crippen molar-refractivity contribution < 1.29 is 21.2 Å². The van der Waals surface area contributed by atoms with Crippen molar-refractivity contribution in [2.75, 3.05) is 6.54 Å². The molecule has 152 valence electrons. The quantitative estimate of drug-likeness (QED) is 0.577. The summed E-state index contributed by atoms with van der Waals surface area (Å²) >= 11 is 0. The molecular formula is C20H19FN2O4S2. The maximum atomic E-state index is 13.6. The zero-order valence-electron chi connectivity index (χ0n) is 15.5. The van der Waals surface area contributed by atoms with E-state index in [2.05, 4.69) is 9.71 Å². The first-order chi connectivity index (χ1) is 13.7. The predicted molar refractivity (Wildman–Crippen MR) is 107 cm³/mol. The molecule has 0 spiro atoms. The highest BCUT2D eigenvalue weighted by Crippen LogP contribution is 2.29. The number of hydrogen-bond acceptors (Lipinski definition) is 5. The average Bonchev–Trinajstić information content (AvgIpc) is 2.71. The number of rotatable bonds is 7. The molecule has 3 rings (SSSR count). The molecule has 9 heteroatoms. The Labute approximate surface area is 169 Å². The van der Waals surface area contributed by atoms with Crippen molar-refractivity contribution in [2.45, 2.75) is 22.0 Å². The Morgan fingerprint density at radius 1 is 0.966 bits per heavy atom. The maximum absolute atomic E-state index is 13.6. The van der Waals surface area contributed by atoms with Crippen LogP contribution in [0.3, 0.4) is 0 Å². The minimum Gasteiger partial charge on any atom is -0.264 e. The fourth-order valence-corrected chi connectivity index (χ4v) is 5.70. The molecule has 0 aliphatic heterocycles. The van der Waals surface area contributed by atoms with Gasteiger partial charge in [-0.15, -0.1) is 0 Å². The Kier molecular flexibility index (Phi) is 6.11. The number of pyridine rings is 1. The van der Waals surface area contributed by atoms with E-state index < -0.39 is 37.5 Å². The molecule has 0 saturated heterocycles. The second-order valence-electron chi connectivity index (χ2n) is 6.40. The molecule has 1 N–H and O–H groups in total. The number of benzene rings is 2.